The predicted molar refractivity (Wildman–Crippen MR) is 107 cm³/mol. The van der Waals surface area contributed by atoms with Gasteiger partial charge in [0.15, 0.2) is 0 Å². The molecule has 1 fully saturated rings. The van der Waals surface area contributed by atoms with Gasteiger partial charge in [-0.2, -0.15) is 0 Å². The van der Waals surface area contributed by atoms with Gasteiger partial charge in [-0.05, 0) is 35.7 Å². The van der Waals surface area contributed by atoms with Crippen LogP contribution in [0, 0.1) is 0 Å². The van der Waals surface area contributed by atoms with Crippen LogP contribution in [0.2, 0.25) is 0 Å². The lowest BCUT2D eigenvalue weighted by Crippen LogP contribution is -2.46. The first-order valence-electron chi connectivity index (χ1n) is 9.23. The van der Waals surface area contributed by atoms with Crippen LogP contribution in [0.25, 0.3) is 0 Å². The number of aromatic nitrogens is 1. The Kier molecular flexibility index (Phi) is 5.45. The molecule has 0 bridgehead atoms. The van der Waals surface area contributed by atoms with Crippen LogP contribution in [0.4, 0.5) is 11.4 Å². The fraction of sp³-hybridized carbons (Fsp3) is 0.429. The molecule has 0 atom stereocenters. The molecule has 1 aliphatic heterocycles. The number of nitrogens with zero attached hydrogens (tertiary/aromatic N) is 4. The van der Waals surface area contributed by atoms with Gasteiger partial charge in [-0.15, -0.1) is 0 Å². The Morgan fingerprint density at radius 2 is 1.54 bits per heavy atom. The Morgan fingerprint density at radius 1 is 0.962 bits per heavy atom. The highest BCUT2D eigenvalue weighted by atomic mass is 16.2. The molecule has 2 heterocycles. The minimum absolute atomic E-state index is 0.0595. The maximum Gasteiger partial charge on any atom is 0.272 e. The van der Waals surface area contributed by atoms with Crippen molar-refractivity contribution >= 4 is 17.3 Å². The van der Waals surface area contributed by atoms with E-state index in [0.29, 0.717) is 11.6 Å². The van der Waals surface area contributed by atoms with Crippen LogP contribution in [-0.2, 0) is 0 Å². The van der Waals surface area contributed by atoms with Crippen molar-refractivity contribution in [3.63, 3.8) is 0 Å². The van der Waals surface area contributed by atoms with Crippen molar-refractivity contribution < 1.29 is 4.79 Å². The molecule has 1 aromatic carbocycles. The smallest absolute Gasteiger partial charge is 0.272 e. The molecule has 1 aromatic heterocycles. The van der Waals surface area contributed by atoms with Crippen molar-refractivity contribution in [3.05, 3.63) is 53.9 Å². The van der Waals surface area contributed by atoms with Crippen molar-refractivity contribution in [3.8, 4) is 0 Å². The number of pyridine rings is 1. The molecule has 0 aliphatic carbocycles. The van der Waals surface area contributed by atoms with E-state index in [9.17, 15) is 4.79 Å². The van der Waals surface area contributed by atoms with Gasteiger partial charge in [0, 0.05) is 57.8 Å². The molecule has 1 aliphatic rings. The lowest BCUT2D eigenvalue weighted by Gasteiger charge is -2.37. The summed E-state index contributed by atoms with van der Waals surface area (Å²) in [6.07, 6.45) is 1.73. The van der Waals surface area contributed by atoms with E-state index in [2.05, 4.69) is 52.9 Å². The molecule has 138 valence electrons. The van der Waals surface area contributed by atoms with Crippen LogP contribution in [0.1, 0.15) is 35.8 Å². The van der Waals surface area contributed by atoms with Crippen molar-refractivity contribution in [1.29, 1.82) is 0 Å². The van der Waals surface area contributed by atoms with Crippen LogP contribution in [-0.4, -0.2) is 56.1 Å². The number of carbonyl (C=O) groups excluding carboxylic acids is 1. The van der Waals surface area contributed by atoms with Gasteiger partial charge < -0.3 is 14.7 Å². The first-order valence-corrected chi connectivity index (χ1v) is 9.23. The molecular weight excluding hydrogens is 324 g/mol. The summed E-state index contributed by atoms with van der Waals surface area (Å²) in [5.74, 6) is 0.502. The second-order valence-electron chi connectivity index (χ2n) is 7.32. The maximum absolute atomic E-state index is 12.1. The van der Waals surface area contributed by atoms with Crippen molar-refractivity contribution in [2.24, 2.45) is 0 Å². The standard InChI is InChI=1S/C21H28N4O/c1-16(2)17-5-7-18(8-6-17)24-11-13-25(14-12-24)19-9-10-22-20(15-19)21(26)23(3)4/h5-10,15-16H,11-14H2,1-4H3. The first kappa shape index (κ1) is 18.2. The summed E-state index contributed by atoms with van der Waals surface area (Å²) < 4.78 is 0. The minimum atomic E-state index is -0.0595. The fourth-order valence-corrected chi connectivity index (χ4v) is 3.26. The highest BCUT2D eigenvalue weighted by molar-refractivity contribution is 5.92. The molecule has 5 nitrogen and oxygen atoms in total. The van der Waals surface area contributed by atoms with E-state index < -0.39 is 0 Å². The highest BCUT2D eigenvalue weighted by Crippen LogP contribution is 2.23. The van der Waals surface area contributed by atoms with E-state index in [-0.39, 0.29) is 5.91 Å². The number of hydrogen-bond donors (Lipinski definition) is 0. The average Bonchev–Trinajstić information content (AvgIpc) is 2.67. The highest BCUT2D eigenvalue weighted by Gasteiger charge is 2.19. The van der Waals surface area contributed by atoms with Gasteiger partial charge in [0.1, 0.15) is 5.69 Å². The Balaban J connectivity index is 1.65. The van der Waals surface area contributed by atoms with E-state index in [1.54, 1.807) is 25.2 Å². The normalized spacial score (nSPS) is 14.7. The first-order chi connectivity index (χ1) is 12.5. The average molecular weight is 352 g/mol. The third kappa shape index (κ3) is 3.98. The summed E-state index contributed by atoms with van der Waals surface area (Å²) in [4.78, 5) is 22.7. The summed E-state index contributed by atoms with van der Waals surface area (Å²) in [6, 6.07) is 12.8. The van der Waals surface area contributed by atoms with Crippen LogP contribution in [0.3, 0.4) is 0 Å². The zero-order valence-corrected chi connectivity index (χ0v) is 16.1. The predicted octanol–water partition coefficient (Wildman–Crippen LogP) is 3.23. The number of rotatable bonds is 4. The molecule has 0 N–H and O–H groups in total. The number of carbonyl (C=O) groups is 1. The zero-order chi connectivity index (χ0) is 18.7. The van der Waals surface area contributed by atoms with E-state index in [1.165, 1.54) is 11.3 Å². The third-order valence-electron chi connectivity index (χ3n) is 4.94. The topological polar surface area (TPSA) is 39.7 Å². The van der Waals surface area contributed by atoms with Gasteiger partial charge in [-0.3, -0.25) is 9.78 Å². The van der Waals surface area contributed by atoms with E-state index in [4.69, 9.17) is 0 Å². The fourth-order valence-electron chi connectivity index (χ4n) is 3.26. The van der Waals surface area contributed by atoms with Crippen LogP contribution < -0.4 is 9.80 Å². The number of amides is 1. The Hall–Kier alpha value is -2.56. The van der Waals surface area contributed by atoms with Crippen LogP contribution >= 0.6 is 0 Å². The monoisotopic (exact) mass is 352 g/mol. The molecule has 0 radical (unpaired) electrons. The maximum atomic E-state index is 12.1. The molecule has 2 aromatic rings. The van der Waals surface area contributed by atoms with Gasteiger partial charge in [-0.1, -0.05) is 26.0 Å². The number of anilines is 2. The molecule has 0 saturated carbocycles. The minimum Gasteiger partial charge on any atom is -0.368 e. The molecule has 1 saturated heterocycles. The van der Waals surface area contributed by atoms with Gasteiger partial charge in [0.2, 0.25) is 0 Å². The summed E-state index contributed by atoms with van der Waals surface area (Å²) >= 11 is 0. The summed E-state index contributed by atoms with van der Waals surface area (Å²) in [7, 11) is 3.50. The lowest BCUT2D eigenvalue weighted by molar-refractivity contribution is 0.0822. The molecule has 1 amide bonds. The number of piperazine rings is 1. The summed E-state index contributed by atoms with van der Waals surface area (Å²) in [5, 5.41) is 0. The zero-order valence-electron chi connectivity index (χ0n) is 16.1. The van der Waals surface area contributed by atoms with Gasteiger partial charge in [0.25, 0.3) is 5.91 Å². The largest absolute Gasteiger partial charge is 0.368 e. The number of hydrogen-bond acceptors (Lipinski definition) is 4. The van der Waals surface area contributed by atoms with Crippen molar-refractivity contribution in [1.82, 2.24) is 9.88 Å². The van der Waals surface area contributed by atoms with Crippen LogP contribution in [0.5, 0.6) is 0 Å². The van der Waals surface area contributed by atoms with Crippen LogP contribution in [0.15, 0.2) is 42.6 Å². The Bertz CT molecular complexity index is 747. The summed E-state index contributed by atoms with van der Waals surface area (Å²) in [6.45, 7) is 8.26. The molecule has 0 unspecified atom stereocenters. The van der Waals surface area contributed by atoms with Crippen molar-refractivity contribution in [2.45, 2.75) is 19.8 Å². The lowest BCUT2D eigenvalue weighted by atomic mass is 10.0. The Labute approximate surface area is 156 Å². The van der Waals surface area contributed by atoms with E-state index in [1.807, 2.05) is 12.1 Å². The number of benzene rings is 1. The van der Waals surface area contributed by atoms with E-state index in [0.717, 1.165) is 31.9 Å². The molecule has 26 heavy (non-hydrogen) atoms. The van der Waals surface area contributed by atoms with Gasteiger partial charge >= 0.3 is 0 Å². The molecule has 3 rings (SSSR count). The Morgan fingerprint density at radius 3 is 2.08 bits per heavy atom. The SMILES string of the molecule is CC(C)c1ccc(N2CCN(c3ccnc(C(=O)N(C)C)c3)CC2)cc1. The second-order valence-corrected chi connectivity index (χ2v) is 7.32. The quantitative estimate of drug-likeness (QED) is 0.847. The van der Waals surface area contributed by atoms with Crippen molar-refractivity contribution in [2.75, 3.05) is 50.1 Å². The summed E-state index contributed by atoms with van der Waals surface area (Å²) in [5.41, 5.74) is 4.23. The molecule has 5 heteroatoms. The van der Waals surface area contributed by atoms with Gasteiger partial charge in [0.05, 0.1) is 0 Å². The molecular formula is C21H28N4O. The van der Waals surface area contributed by atoms with Gasteiger partial charge in [-0.25, -0.2) is 0 Å². The molecule has 0 spiro atoms. The van der Waals surface area contributed by atoms with E-state index >= 15 is 0 Å². The third-order valence-corrected chi connectivity index (χ3v) is 4.94. The second kappa shape index (κ2) is 7.77.